The van der Waals surface area contributed by atoms with Crippen LogP contribution in [0.5, 0.6) is 11.5 Å². The van der Waals surface area contributed by atoms with Crippen LogP contribution < -0.4 is 20.2 Å². The average molecular weight is 702 g/mol. The minimum atomic E-state index is -0.194. The molecule has 54 heavy (non-hydrogen) atoms. The van der Waals surface area contributed by atoms with Gasteiger partial charge in [0.15, 0.2) is 0 Å². The molecule has 4 heterocycles. The van der Waals surface area contributed by atoms with E-state index in [-0.39, 0.29) is 5.92 Å². The Bertz CT molecular complexity index is 2720. The van der Waals surface area contributed by atoms with Crippen LogP contribution in [-0.2, 0) is 0 Å². The second kappa shape index (κ2) is 13.9. The van der Waals surface area contributed by atoms with Crippen molar-refractivity contribution in [3.63, 3.8) is 0 Å². The van der Waals surface area contributed by atoms with Gasteiger partial charge in [-0.15, -0.1) is 0 Å². The first-order chi connectivity index (χ1) is 26.6. The first kappa shape index (κ1) is 33.0. The highest BCUT2D eigenvalue weighted by Crippen LogP contribution is 2.46. The van der Waals surface area contributed by atoms with E-state index in [1.165, 1.54) is 0 Å². The number of methoxy groups -OCH3 is 2. The van der Waals surface area contributed by atoms with E-state index in [1.807, 2.05) is 6.07 Å². The van der Waals surface area contributed by atoms with Crippen LogP contribution in [0.2, 0.25) is 0 Å². The van der Waals surface area contributed by atoms with Crippen molar-refractivity contribution >= 4 is 22.4 Å². The third-order valence-electron chi connectivity index (χ3n) is 10.5. The molecule has 5 aromatic carbocycles. The van der Waals surface area contributed by atoms with Gasteiger partial charge in [-0.25, -0.2) is 4.99 Å². The molecular weight excluding hydrogens is 663 g/mol. The molecule has 0 aliphatic carbocycles. The maximum Gasteiger partial charge on any atom is 0.133 e. The minimum Gasteiger partial charge on any atom is -0.496 e. The molecule has 2 aliphatic rings. The summed E-state index contributed by atoms with van der Waals surface area (Å²) in [5.41, 5.74) is 14.2. The molecule has 0 radical (unpaired) electrons. The van der Waals surface area contributed by atoms with Crippen LogP contribution in [0.3, 0.4) is 0 Å². The molecule has 5 heteroatoms. The van der Waals surface area contributed by atoms with Gasteiger partial charge in [0.1, 0.15) is 11.5 Å². The number of hydrogen-bond acceptors (Lipinski definition) is 3. The van der Waals surface area contributed by atoms with Gasteiger partial charge in [-0.05, 0) is 71.7 Å². The van der Waals surface area contributed by atoms with Gasteiger partial charge < -0.3 is 19.4 Å². The molecule has 0 fully saturated rings. The summed E-state index contributed by atoms with van der Waals surface area (Å²) in [6.45, 7) is 2.09. The molecule has 0 saturated heterocycles. The van der Waals surface area contributed by atoms with Crippen molar-refractivity contribution in [2.45, 2.75) is 12.8 Å². The molecule has 262 valence electrons. The van der Waals surface area contributed by atoms with Crippen LogP contribution in [0.4, 0.5) is 0 Å². The third-order valence-corrected chi connectivity index (χ3v) is 10.5. The fourth-order valence-corrected chi connectivity index (χ4v) is 8.12. The first-order valence-electron chi connectivity index (χ1n) is 18.2. The second-order valence-corrected chi connectivity index (χ2v) is 13.6. The molecule has 8 bridgehead atoms. The smallest absolute Gasteiger partial charge is 0.133 e. The highest BCUT2D eigenvalue weighted by Gasteiger charge is 2.29. The van der Waals surface area contributed by atoms with Crippen molar-refractivity contribution in [3.8, 4) is 11.5 Å². The molecule has 7 aromatic rings. The maximum atomic E-state index is 6.32. The predicted octanol–water partition coefficient (Wildman–Crippen LogP) is 9.08. The Morgan fingerprint density at radius 1 is 0.537 bits per heavy atom. The molecule has 0 saturated carbocycles. The minimum absolute atomic E-state index is 0.194. The summed E-state index contributed by atoms with van der Waals surface area (Å²) in [6, 6.07) is 53.2. The van der Waals surface area contributed by atoms with Crippen LogP contribution >= 0.6 is 0 Å². The number of benzene rings is 5. The molecule has 2 N–H and O–H groups in total. The van der Waals surface area contributed by atoms with Crippen molar-refractivity contribution in [2.75, 3.05) is 14.2 Å². The molecule has 0 spiro atoms. The van der Waals surface area contributed by atoms with Crippen molar-refractivity contribution in [1.29, 1.82) is 0 Å². The van der Waals surface area contributed by atoms with Gasteiger partial charge in [-0.2, -0.15) is 0 Å². The van der Waals surface area contributed by atoms with E-state index in [1.54, 1.807) is 14.2 Å². The predicted molar refractivity (Wildman–Crippen MR) is 219 cm³/mol. The van der Waals surface area contributed by atoms with Gasteiger partial charge in [0.05, 0.1) is 31.5 Å². The van der Waals surface area contributed by atoms with Gasteiger partial charge >= 0.3 is 0 Å². The lowest BCUT2D eigenvalue weighted by molar-refractivity contribution is 0.384. The average Bonchev–Trinajstić information content (AvgIpc) is 4.01. The largest absolute Gasteiger partial charge is 0.496 e. The standard InChI is InChI=1S/C49H39N3O2/c1-31-48(53-2)36-30-37(49(31)54-3)45(33-18-10-5-11-19-33)39-25-27-41(51-39)47(35-22-14-7-15-23-35)43-29-28-42(52-43)46(34-20-12-6-13-21-34)40-26-24-38(50-40)44(36)32-16-8-4-9-17-32/h4-30,44,50-51H,1-3H3/b45-39-,46-42-,47-41-. The number of allylic oxidation sites excluding steroid dienone is 2. The topological polar surface area (TPSA) is 62.4 Å². The van der Waals surface area contributed by atoms with Crippen molar-refractivity contribution < 1.29 is 9.47 Å². The monoisotopic (exact) mass is 701 g/mol. The highest BCUT2D eigenvalue weighted by atomic mass is 16.5. The number of hydrogen-bond donors (Lipinski definition) is 2. The van der Waals surface area contributed by atoms with E-state index in [2.05, 4.69) is 175 Å². The number of aliphatic imine (C=N–C) groups is 1. The molecule has 9 rings (SSSR count). The Kier molecular flexibility index (Phi) is 8.52. The number of rotatable bonds is 6. The van der Waals surface area contributed by atoms with Crippen LogP contribution in [0.25, 0.3) is 16.7 Å². The van der Waals surface area contributed by atoms with Gasteiger partial charge in [0.2, 0.25) is 0 Å². The summed E-state index contributed by atoms with van der Waals surface area (Å²) in [4.78, 5) is 13.2. The molecular formula is C49H39N3O2. The van der Waals surface area contributed by atoms with Gasteiger partial charge in [0, 0.05) is 55.5 Å². The number of nitrogens with zero attached hydrogens (tertiary/aromatic N) is 1. The van der Waals surface area contributed by atoms with Crippen LogP contribution in [0, 0.1) is 6.92 Å². The Labute approximate surface area is 315 Å². The number of ether oxygens (including phenoxy) is 2. The first-order valence-corrected chi connectivity index (χ1v) is 18.2. The van der Waals surface area contributed by atoms with Crippen molar-refractivity contribution in [2.24, 2.45) is 4.99 Å². The Balaban J connectivity index is 1.48. The molecule has 2 aromatic heterocycles. The number of aromatic amines is 2. The number of fused-ring (bicyclic) bond motifs is 7. The van der Waals surface area contributed by atoms with Crippen molar-refractivity contribution in [1.82, 2.24) is 9.97 Å². The number of aromatic nitrogens is 2. The molecule has 5 nitrogen and oxygen atoms in total. The molecule has 0 amide bonds. The van der Waals surface area contributed by atoms with Crippen LogP contribution in [0.1, 0.15) is 56.2 Å². The zero-order chi connectivity index (χ0) is 36.6. The Morgan fingerprint density at radius 3 is 1.70 bits per heavy atom. The quantitative estimate of drug-likeness (QED) is 0.182. The molecule has 2 aliphatic heterocycles. The summed E-state index contributed by atoms with van der Waals surface area (Å²) in [5, 5.41) is 1.93. The summed E-state index contributed by atoms with van der Waals surface area (Å²) in [6.07, 6.45) is 4.28. The van der Waals surface area contributed by atoms with Gasteiger partial charge in [-0.1, -0.05) is 121 Å². The van der Waals surface area contributed by atoms with E-state index < -0.39 is 0 Å². The number of H-pyrrole nitrogens is 2. The van der Waals surface area contributed by atoms with E-state index in [4.69, 9.17) is 14.5 Å². The van der Waals surface area contributed by atoms with Gasteiger partial charge in [0.25, 0.3) is 0 Å². The third kappa shape index (κ3) is 5.71. The fraction of sp³-hybridized carbons (Fsp3) is 0.0816. The normalized spacial score (nSPS) is 18.4. The molecule has 1 unspecified atom stereocenters. The fourth-order valence-electron chi connectivity index (χ4n) is 8.12. The number of nitrogens with one attached hydrogen (secondary N) is 2. The van der Waals surface area contributed by atoms with E-state index in [0.717, 1.165) is 101 Å². The summed E-state index contributed by atoms with van der Waals surface area (Å²) in [7, 11) is 3.49. The summed E-state index contributed by atoms with van der Waals surface area (Å²) in [5.74, 6) is 1.36. The van der Waals surface area contributed by atoms with Crippen molar-refractivity contribution in [3.05, 3.63) is 231 Å². The highest BCUT2D eigenvalue weighted by molar-refractivity contribution is 6.30. The maximum absolute atomic E-state index is 6.32. The van der Waals surface area contributed by atoms with Crippen LogP contribution in [-0.4, -0.2) is 29.9 Å². The Morgan fingerprint density at radius 2 is 1.09 bits per heavy atom. The van der Waals surface area contributed by atoms with E-state index >= 15 is 0 Å². The zero-order valence-electron chi connectivity index (χ0n) is 30.4. The molecule has 1 atom stereocenters. The summed E-state index contributed by atoms with van der Waals surface area (Å²) < 4.78 is 12.6. The summed E-state index contributed by atoms with van der Waals surface area (Å²) >= 11 is 0. The van der Waals surface area contributed by atoms with Gasteiger partial charge in [-0.3, -0.25) is 0 Å². The van der Waals surface area contributed by atoms with Crippen LogP contribution in [0.15, 0.2) is 175 Å². The van der Waals surface area contributed by atoms with E-state index in [9.17, 15) is 0 Å². The second-order valence-electron chi connectivity index (χ2n) is 13.6. The zero-order valence-corrected chi connectivity index (χ0v) is 30.4. The lowest BCUT2D eigenvalue weighted by Crippen LogP contribution is -2.20. The lowest BCUT2D eigenvalue weighted by Gasteiger charge is -2.25. The Hall–Kier alpha value is -6.85. The lowest BCUT2D eigenvalue weighted by atomic mass is 9.83. The SMILES string of the molecule is COc1c2cc(c(OC)c1C)C(c1ccccc1)c1ccc([nH]1)/C(c1ccccc1)=C1/C=CC(=N1)/C(c1ccccc1)=c1/cc/c([nH]1)=C/2c1ccccc1. The van der Waals surface area contributed by atoms with E-state index in [0.29, 0.717) is 0 Å².